The van der Waals surface area contributed by atoms with Gasteiger partial charge in [-0.05, 0) is 11.5 Å². The molecule has 1 aliphatic heterocycles. The van der Waals surface area contributed by atoms with Gasteiger partial charge < -0.3 is 30.3 Å². The molecular formula is C22H31FN4O6. The molecule has 0 radical (unpaired) electrons. The van der Waals surface area contributed by atoms with Crippen molar-refractivity contribution in [2.75, 3.05) is 33.0 Å². The first-order valence-corrected chi connectivity index (χ1v) is 10.8. The number of hydrogen-bond acceptors (Lipinski definition) is 7. The highest BCUT2D eigenvalue weighted by molar-refractivity contribution is 6.06. The molecule has 1 saturated heterocycles. The fraction of sp³-hybridized carbons (Fsp3) is 0.591. The van der Waals surface area contributed by atoms with Crippen molar-refractivity contribution in [3.63, 3.8) is 0 Å². The maximum atomic E-state index is 14.7. The van der Waals surface area contributed by atoms with Crippen LogP contribution in [0.1, 0.15) is 31.3 Å². The molecule has 0 saturated carbocycles. The second-order valence-corrected chi connectivity index (χ2v) is 9.09. The molecule has 11 heteroatoms. The van der Waals surface area contributed by atoms with Crippen LogP contribution in [0, 0.1) is 11.2 Å². The molecule has 2 amide bonds. The standard InChI is InChI=1S/C22H31FN4O6/c1-22(2,3)19(21(31)24-9-13(29)11-28)25-20(30)17-15-5-4-6-16(23)18(15)27(26-17)10-14-12-32-7-8-33-14/h4-6,13-14,19,28-29H,7-12H2,1-3H3,(H,24,31)(H,25,30)/t13?,14-,19?/m1/s1. The van der Waals surface area contributed by atoms with Gasteiger partial charge in [0.25, 0.3) is 5.91 Å². The van der Waals surface area contributed by atoms with Gasteiger partial charge in [0.1, 0.15) is 23.5 Å². The number of fused-ring (bicyclic) bond motifs is 1. The van der Waals surface area contributed by atoms with E-state index in [4.69, 9.17) is 14.6 Å². The van der Waals surface area contributed by atoms with Crippen LogP contribution in [0.4, 0.5) is 4.39 Å². The Balaban J connectivity index is 1.87. The van der Waals surface area contributed by atoms with Crippen LogP contribution in [0.5, 0.6) is 0 Å². The average molecular weight is 467 g/mol. The van der Waals surface area contributed by atoms with Crippen molar-refractivity contribution in [3.05, 3.63) is 29.7 Å². The molecule has 33 heavy (non-hydrogen) atoms. The Hall–Kier alpha value is -2.60. The third kappa shape index (κ3) is 6.05. The zero-order chi connectivity index (χ0) is 24.2. The van der Waals surface area contributed by atoms with Gasteiger partial charge in [-0.3, -0.25) is 14.3 Å². The SMILES string of the molecule is CC(C)(C)C(NC(=O)c1nn(C[C@@H]2COCCO2)c2c(F)cccc12)C(=O)NCC(O)CO. The molecule has 0 bridgehead atoms. The number of hydrogen-bond donors (Lipinski definition) is 4. The number of halogens is 1. The summed E-state index contributed by atoms with van der Waals surface area (Å²) in [5, 5.41) is 28.3. The number of nitrogens with zero attached hydrogens (tertiary/aromatic N) is 2. The lowest BCUT2D eigenvalue weighted by atomic mass is 9.86. The maximum absolute atomic E-state index is 14.7. The largest absolute Gasteiger partial charge is 0.394 e. The number of carbonyl (C=O) groups excluding carboxylic acids is 2. The molecule has 182 valence electrons. The molecule has 1 aliphatic rings. The van der Waals surface area contributed by atoms with Gasteiger partial charge >= 0.3 is 0 Å². The summed E-state index contributed by atoms with van der Waals surface area (Å²) in [4.78, 5) is 25.9. The number of benzene rings is 1. The lowest BCUT2D eigenvalue weighted by Crippen LogP contribution is -2.54. The summed E-state index contributed by atoms with van der Waals surface area (Å²) >= 11 is 0. The van der Waals surface area contributed by atoms with Crippen molar-refractivity contribution in [2.45, 2.75) is 45.6 Å². The average Bonchev–Trinajstić information content (AvgIpc) is 3.15. The van der Waals surface area contributed by atoms with Gasteiger partial charge in [-0.15, -0.1) is 0 Å². The number of aliphatic hydroxyl groups excluding tert-OH is 2. The zero-order valence-electron chi connectivity index (χ0n) is 19.0. The molecule has 2 aromatic rings. The predicted molar refractivity (Wildman–Crippen MR) is 117 cm³/mol. The topological polar surface area (TPSA) is 135 Å². The highest BCUT2D eigenvalue weighted by atomic mass is 19.1. The molecular weight excluding hydrogens is 435 g/mol. The zero-order valence-corrected chi connectivity index (χ0v) is 19.0. The molecule has 1 aromatic carbocycles. The Morgan fingerprint density at radius 3 is 2.73 bits per heavy atom. The number of nitrogens with one attached hydrogen (secondary N) is 2. The van der Waals surface area contributed by atoms with Gasteiger partial charge in [-0.1, -0.05) is 32.9 Å². The van der Waals surface area contributed by atoms with Crippen LogP contribution >= 0.6 is 0 Å². The quantitative estimate of drug-likeness (QED) is 0.437. The van der Waals surface area contributed by atoms with Crippen LogP contribution in [0.3, 0.4) is 0 Å². The molecule has 2 heterocycles. The van der Waals surface area contributed by atoms with Crippen LogP contribution in [0.2, 0.25) is 0 Å². The summed E-state index contributed by atoms with van der Waals surface area (Å²) < 4.78 is 27.1. The number of ether oxygens (including phenoxy) is 2. The van der Waals surface area contributed by atoms with Crippen LogP contribution < -0.4 is 10.6 Å². The molecule has 0 spiro atoms. The summed E-state index contributed by atoms with van der Waals surface area (Å²) in [5.41, 5.74) is -0.529. The molecule has 10 nitrogen and oxygen atoms in total. The highest BCUT2D eigenvalue weighted by Crippen LogP contribution is 2.24. The lowest BCUT2D eigenvalue weighted by molar-refractivity contribution is -0.125. The fourth-order valence-corrected chi connectivity index (χ4v) is 3.59. The van der Waals surface area contributed by atoms with E-state index in [2.05, 4.69) is 15.7 Å². The first-order chi connectivity index (χ1) is 15.6. The number of amides is 2. The number of para-hydroxylation sites is 1. The van der Waals surface area contributed by atoms with E-state index in [1.807, 2.05) is 0 Å². The van der Waals surface area contributed by atoms with E-state index in [-0.39, 0.29) is 30.4 Å². The van der Waals surface area contributed by atoms with Gasteiger partial charge in [0.05, 0.1) is 39.1 Å². The first-order valence-electron chi connectivity index (χ1n) is 10.8. The molecule has 2 unspecified atom stereocenters. The molecule has 4 N–H and O–H groups in total. The smallest absolute Gasteiger partial charge is 0.273 e. The van der Waals surface area contributed by atoms with Crippen molar-refractivity contribution in [1.29, 1.82) is 0 Å². The van der Waals surface area contributed by atoms with E-state index < -0.39 is 41.8 Å². The minimum absolute atomic E-state index is 0.0151. The van der Waals surface area contributed by atoms with Crippen LogP contribution in [0.15, 0.2) is 18.2 Å². The Morgan fingerprint density at radius 1 is 1.33 bits per heavy atom. The van der Waals surface area contributed by atoms with Crippen molar-refractivity contribution in [2.24, 2.45) is 5.41 Å². The number of aromatic nitrogens is 2. The number of aliphatic hydroxyl groups is 2. The van der Waals surface area contributed by atoms with Gasteiger partial charge in [0.2, 0.25) is 5.91 Å². The molecule has 3 rings (SSSR count). The summed E-state index contributed by atoms with van der Waals surface area (Å²) in [5.74, 6) is -1.69. The normalized spacial score (nSPS) is 18.7. The van der Waals surface area contributed by atoms with E-state index in [9.17, 15) is 19.1 Å². The molecule has 1 fully saturated rings. The van der Waals surface area contributed by atoms with Crippen molar-refractivity contribution < 1.29 is 33.7 Å². The molecule has 1 aromatic heterocycles. The predicted octanol–water partition coefficient (Wildman–Crippen LogP) is 0.205. The summed E-state index contributed by atoms with van der Waals surface area (Å²) in [6, 6.07) is 3.40. The third-order valence-corrected chi connectivity index (χ3v) is 5.32. The second kappa shape index (κ2) is 10.6. The van der Waals surface area contributed by atoms with Crippen molar-refractivity contribution in [1.82, 2.24) is 20.4 Å². The minimum Gasteiger partial charge on any atom is -0.394 e. The van der Waals surface area contributed by atoms with Gasteiger partial charge in [0.15, 0.2) is 5.69 Å². The lowest BCUT2D eigenvalue weighted by Gasteiger charge is -2.30. The Bertz CT molecular complexity index is 983. The van der Waals surface area contributed by atoms with Crippen molar-refractivity contribution >= 4 is 22.7 Å². The van der Waals surface area contributed by atoms with Crippen LogP contribution in [-0.4, -0.2) is 83.0 Å². The Morgan fingerprint density at radius 2 is 2.09 bits per heavy atom. The Kier molecular flexibility index (Phi) is 8.01. The van der Waals surface area contributed by atoms with E-state index in [1.165, 1.54) is 16.8 Å². The maximum Gasteiger partial charge on any atom is 0.273 e. The Labute approximate surface area is 191 Å². The summed E-state index contributed by atoms with van der Waals surface area (Å²) in [6.07, 6.45) is -1.44. The highest BCUT2D eigenvalue weighted by Gasteiger charge is 2.34. The van der Waals surface area contributed by atoms with Crippen LogP contribution in [-0.2, 0) is 20.8 Å². The van der Waals surface area contributed by atoms with Crippen molar-refractivity contribution in [3.8, 4) is 0 Å². The third-order valence-electron chi connectivity index (χ3n) is 5.32. The van der Waals surface area contributed by atoms with Crippen LogP contribution in [0.25, 0.3) is 10.9 Å². The van der Waals surface area contributed by atoms with E-state index in [1.54, 1.807) is 26.8 Å². The van der Waals surface area contributed by atoms with Gasteiger partial charge in [-0.2, -0.15) is 5.10 Å². The monoisotopic (exact) mass is 466 g/mol. The summed E-state index contributed by atoms with van der Waals surface area (Å²) in [6.45, 7) is 6.11. The minimum atomic E-state index is -1.11. The number of rotatable bonds is 8. The summed E-state index contributed by atoms with van der Waals surface area (Å²) in [7, 11) is 0. The first kappa shape index (κ1) is 25.0. The molecule has 0 aliphatic carbocycles. The van der Waals surface area contributed by atoms with E-state index >= 15 is 0 Å². The van der Waals surface area contributed by atoms with E-state index in [0.29, 0.717) is 25.2 Å². The van der Waals surface area contributed by atoms with Gasteiger partial charge in [-0.25, -0.2) is 4.39 Å². The number of carbonyl (C=O) groups is 2. The van der Waals surface area contributed by atoms with E-state index in [0.717, 1.165) is 0 Å². The molecule has 3 atom stereocenters. The second-order valence-electron chi connectivity index (χ2n) is 9.09. The fourth-order valence-electron chi connectivity index (χ4n) is 3.59. The van der Waals surface area contributed by atoms with Gasteiger partial charge in [0, 0.05) is 11.9 Å².